The molecule has 1 aliphatic rings. The molecule has 1 heterocycles. The Morgan fingerprint density at radius 1 is 1.14 bits per heavy atom. The van der Waals surface area contributed by atoms with Crippen molar-refractivity contribution in [2.45, 2.75) is 25.8 Å². The Balaban J connectivity index is 1.94. The summed E-state index contributed by atoms with van der Waals surface area (Å²) in [5.41, 5.74) is 10.5. The van der Waals surface area contributed by atoms with Crippen LogP contribution >= 0.6 is 0 Å². The van der Waals surface area contributed by atoms with Gasteiger partial charge in [0.25, 0.3) is 0 Å². The predicted molar refractivity (Wildman–Crippen MR) is 85.2 cm³/mol. The van der Waals surface area contributed by atoms with Crippen LogP contribution in [0, 0.1) is 6.92 Å². The summed E-state index contributed by atoms with van der Waals surface area (Å²) in [6, 6.07) is 15.2. The fraction of sp³-hybridized carbons (Fsp3) is 0.278. The first-order valence-corrected chi connectivity index (χ1v) is 7.39. The average Bonchev–Trinajstić information content (AvgIpc) is 2.54. The molecular formula is C18H20N2O. The molecule has 21 heavy (non-hydrogen) atoms. The normalized spacial score (nSPS) is 15.4. The van der Waals surface area contributed by atoms with Crippen molar-refractivity contribution in [3.63, 3.8) is 0 Å². The maximum atomic E-state index is 12.8. The van der Waals surface area contributed by atoms with Crippen molar-refractivity contribution >= 4 is 11.6 Å². The Morgan fingerprint density at radius 2 is 1.90 bits per heavy atom. The van der Waals surface area contributed by atoms with E-state index < -0.39 is 6.04 Å². The molecule has 3 rings (SSSR count). The fourth-order valence-electron chi connectivity index (χ4n) is 3.04. The molecule has 3 heteroatoms. The molecule has 0 radical (unpaired) electrons. The van der Waals surface area contributed by atoms with Crippen LogP contribution in [0.1, 0.15) is 29.2 Å². The molecule has 1 atom stereocenters. The third kappa shape index (κ3) is 2.57. The lowest BCUT2D eigenvalue weighted by Gasteiger charge is -2.33. The predicted octanol–water partition coefficient (Wildman–Crippen LogP) is 2.97. The second kappa shape index (κ2) is 5.70. The quantitative estimate of drug-likeness (QED) is 0.919. The maximum absolute atomic E-state index is 12.8. The largest absolute Gasteiger partial charge is 0.316 e. The van der Waals surface area contributed by atoms with E-state index in [-0.39, 0.29) is 5.91 Å². The smallest absolute Gasteiger partial charge is 0.248 e. The molecule has 0 saturated carbocycles. The van der Waals surface area contributed by atoms with Crippen LogP contribution in [0.15, 0.2) is 48.5 Å². The van der Waals surface area contributed by atoms with E-state index in [1.807, 2.05) is 35.2 Å². The summed E-state index contributed by atoms with van der Waals surface area (Å²) in [6.45, 7) is 2.80. The van der Waals surface area contributed by atoms with E-state index >= 15 is 0 Å². The fourth-order valence-corrected chi connectivity index (χ4v) is 3.04. The van der Waals surface area contributed by atoms with Crippen LogP contribution in [0.5, 0.6) is 0 Å². The van der Waals surface area contributed by atoms with E-state index in [0.29, 0.717) is 0 Å². The molecule has 0 unspecified atom stereocenters. The maximum Gasteiger partial charge on any atom is 0.248 e. The minimum Gasteiger partial charge on any atom is -0.316 e. The number of hydrogen-bond donors (Lipinski definition) is 1. The highest BCUT2D eigenvalue weighted by molar-refractivity contribution is 5.99. The zero-order valence-electron chi connectivity index (χ0n) is 12.3. The molecule has 1 aliphatic heterocycles. The molecule has 0 spiro atoms. The van der Waals surface area contributed by atoms with Crippen LogP contribution in [0.2, 0.25) is 0 Å². The van der Waals surface area contributed by atoms with Gasteiger partial charge in [-0.1, -0.05) is 48.5 Å². The van der Waals surface area contributed by atoms with Crippen LogP contribution in [0.25, 0.3) is 0 Å². The van der Waals surface area contributed by atoms with E-state index in [2.05, 4.69) is 25.1 Å². The van der Waals surface area contributed by atoms with Crippen LogP contribution < -0.4 is 10.6 Å². The first kappa shape index (κ1) is 13.8. The van der Waals surface area contributed by atoms with Crippen molar-refractivity contribution in [1.29, 1.82) is 0 Å². The third-order valence-electron chi connectivity index (χ3n) is 4.11. The molecule has 0 aliphatic carbocycles. The Hall–Kier alpha value is -2.13. The number of aryl methyl sites for hydroxylation is 2. The molecule has 2 aromatic rings. The summed E-state index contributed by atoms with van der Waals surface area (Å²) in [5, 5.41) is 0. The number of para-hydroxylation sites is 1. The average molecular weight is 280 g/mol. The van der Waals surface area contributed by atoms with Gasteiger partial charge in [-0.2, -0.15) is 0 Å². The van der Waals surface area contributed by atoms with Crippen LogP contribution in [0.3, 0.4) is 0 Å². The van der Waals surface area contributed by atoms with Crippen LogP contribution in [-0.4, -0.2) is 12.5 Å². The lowest BCUT2D eigenvalue weighted by Crippen LogP contribution is -2.42. The summed E-state index contributed by atoms with van der Waals surface area (Å²) >= 11 is 0. The highest BCUT2D eigenvalue weighted by atomic mass is 16.2. The number of hydrogen-bond acceptors (Lipinski definition) is 2. The molecule has 0 bridgehead atoms. The lowest BCUT2D eigenvalue weighted by molar-refractivity contribution is -0.120. The molecule has 1 amide bonds. The van der Waals surface area contributed by atoms with Gasteiger partial charge in [-0.15, -0.1) is 0 Å². The number of fused-ring (bicyclic) bond motifs is 1. The van der Waals surface area contributed by atoms with Gasteiger partial charge in [0, 0.05) is 12.2 Å². The summed E-state index contributed by atoms with van der Waals surface area (Å²) in [5.74, 6) is -0.0172. The molecule has 108 valence electrons. The second-order valence-corrected chi connectivity index (χ2v) is 5.56. The molecule has 0 fully saturated rings. The number of nitrogens with two attached hydrogens (primary N) is 1. The van der Waals surface area contributed by atoms with E-state index in [1.54, 1.807) is 0 Å². The van der Waals surface area contributed by atoms with Crippen LogP contribution in [-0.2, 0) is 11.2 Å². The standard InChI is InChI=1S/C18H20N2O/c1-13-7-5-10-15-11-6-12-20(17(13)15)18(21)16(19)14-8-3-2-4-9-14/h2-5,7-10,16H,6,11-12,19H2,1H3/t16-/m1/s1. The van der Waals surface area contributed by atoms with Gasteiger partial charge in [-0.05, 0) is 36.5 Å². The summed E-state index contributed by atoms with van der Waals surface area (Å²) < 4.78 is 0. The van der Waals surface area contributed by atoms with E-state index in [4.69, 9.17) is 5.73 Å². The van der Waals surface area contributed by atoms with Gasteiger partial charge in [0.2, 0.25) is 5.91 Å². The number of carbonyl (C=O) groups excluding carboxylic acids is 1. The summed E-state index contributed by atoms with van der Waals surface area (Å²) in [7, 11) is 0. The number of amides is 1. The highest BCUT2D eigenvalue weighted by Crippen LogP contribution is 2.32. The first-order chi connectivity index (χ1) is 10.2. The van der Waals surface area contributed by atoms with Gasteiger partial charge in [0.1, 0.15) is 6.04 Å². The van der Waals surface area contributed by atoms with E-state index in [1.165, 1.54) is 5.56 Å². The SMILES string of the molecule is Cc1cccc2c1N(C(=O)[C@H](N)c1ccccc1)CCC2. The zero-order chi connectivity index (χ0) is 14.8. The second-order valence-electron chi connectivity index (χ2n) is 5.56. The minimum absolute atomic E-state index is 0.0172. The highest BCUT2D eigenvalue weighted by Gasteiger charge is 2.28. The van der Waals surface area contributed by atoms with Gasteiger partial charge < -0.3 is 10.6 Å². The Bertz CT molecular complexity index is 652. The molecule has 0 saturated heterocycles. The van der Waals surface area contributed by atoms with Crippen molar-refractivity contribution < 1.29 is 4.79 Å². The number of benzene rings is 2. The first-order valence-electron chi connectivity index (χ1n) is 7.39. The number of rotatable bonds is 2. The Labute approximate surface area is 125 Å². The van der Waals surface area contributed by atoms with Crippen molar-refractivity contribution in [2.24, 2.45) is 5.73 Å². The number of nitrogens with zero attached hydrogens (tertiary/aromatic N) is 1. The summed E-state index contributed by atoms with van der Waals surface area (Å²) in [4.78, 5) is 14.7. The number of anilines is 1. The van der Waals surface area contributed by atoms with E-state index in [9.17, 15) is 4.79 Å². The van der Waals surface area contributed by atoms with Gasteiger partial charge in [-0.25, -0.2) is 0 Å². The van der Waals surface area contributed by atoms with Crippen molar-refractivity contribution in [2.75, 3.05) is 11.4 Å². The van der Waals surface area contributed by atoms with Crippen LogP contribution in [0.4, 0.5) is 5.69 Å². The summed E-state index contributed by atoms with van der Waals surface area (Å²) in [6.07, 6.45) is 2.02. The molecule has 0 aromatic heterocycles. The number of carbonyl (C=O) groups is 1. The van der Waals surface area contributed by atoms with Crippen molar-refractivity contribution in [3.8, 4) is 0 Å². The van der Waals surface area contributed by atoms with Gasteiger partial charge >= 0.3 is 0 Å². The third-order valence-corrected chi connectivity index (χ3v) is 4.11. The monoisotopic (exact) mass is 280 g/mol. The Kier molecular flexibility index (Phi) is 3.76. The topological polar surface area (TPSA) is 46.3 Å². The lowest BCUT2D eigenvalue weighted by atomic mass is 9.96. The Morgan fingerprint density at radius 3 is 2.67 bits per heavy atom. The van der Waals surface area contributed by atoms with Crippen molar-refractivity contribution in [1.82, 2.24) is 0 Å². The van der Waals surface area contributed by atoms with Crippen molar-refractivity contribution in [3.05, 3.63) is 65.2 Å². The van der Waals surface area contributed by atoms with Gasteiger partial charge in [0.05, 0.1) is 0 Å². The van der Waals surface area contributed by atoms with Gasteiger partial charge in [0.15, 0.2) is 0 Å². The molecule has 3 nitrogen and oxygen atoms in total. The molecule has 2 N–H and O–H groups in total. The zero-order valence-corrected chi connectivity index (χ0v) is 12.3. The van der Waals surface area contributed by atoms with E-state index in [0.717, 1.165) is 36.2 Å². The van der Waals surface area contributed by atoms with Gasteiger partial charge in [-0.3, -0.25) is 4.79 Å². The molecular weight excluding hydrogens is 260 g/mol. The molecule has 2 aromatic carbocycles. The minimum atomic E-state index is -0.600.